The van der Waals surface area contributed by atoms with E-state index in [0.29, 0.717) is 15.9 Å². The Hall–Kier alpha value is -3.28. The van der Waals surface area contributed by atoms with E-state index in [-0.39, 0.29) is 39.6 Å². The van der Waals surface area contributed by atoms with Crippen molar-refractivity contribution in [3.63, 3.8) is 0 Å². The van der Waals surface area contributed by atoms with Crippen LogP contribution in [0.2, 0.25) is 10.0 Å². The summed E-state index contributed by atoms with van der Waals surface area (Å²) in [6.07, 6.45) is -0.0165. The average Bonchev–Trinajstić information content (AvgIpc) is 3.01. The highest BCUT2D eigenvalue weighted by Crippen LogP contribution is 2.34. The van der Waals surface area contributed by atoms with Gasteiger partial charge in [-0.25, -0.2) is 8.42 Å². The van der Waals surface area contributed by atoms with Gasteiger partial charge in [-0.05, 0) is 68.7 Å². The monoisotopic (exact) mass is 697 g/mol. The third-order valence-electron chi connectivity index (χ3n) is 8.08. The first kappa shape index (κ1) is 35.6. The molecule has 46 heavy (non-hydrogen) atoms. The molecule has 1 aliphatic carbocycles. The number of anilines is 1. The molecule has 1 N–H and O–H groups in total. The van der Waals surface area contributed by atoms with E-state index >= 15 is 0 Å². The summed E-state index contributed by atoms with van der Waals surface area (Å²) < 4.78 is 69.9. The summed E-state index contributed by atoms with van der Waals surface area (Å²) in [5, 5.41) is 3.50. The van der Waals surface area contributed by atoms with Crippen molar-refractivity contribution in [2.45, 2.75) is 82.1 Å². The van der Waals surface area contributed by atoms with E-state index in [2.05, 4.69) is 5.32 Å². The van der Waals surface area contributed by atoms with Gasteiger partial charge in [-0.1, -0.05) is 79.2 Å². The van der Waals surface area contributed by atoms with Gasteiger partial charge in [0.05, 0.1) is 16.1 Å². The fourth-order valence-corrected chi connectivity index (χ4v) is 7.44. The first-order chi connectivity index (χ1) is 21.7. The van der Waals surface area contributed by atoms with Gasteiger partial charge in [0.2, 0.25) is 11.8 Å². The molecular weight excluding hydrogens is 662 g/mol. The third kappa shape index (κ3) is 8.54. The van der Waals surface area contributed by atoms with Gasteiger partial charge in [-0.15, -0.1) is 0 Å². The Balaban J connectivity index is 1.78. The summed E-state index contributed by atoms with van der Waals surface area (Å²) >= 11 is 12.9. The van der Waals surface area contributed by atoms with E-state index in [1.807, 2.05) is 0 Å². The van der Waals surface area contributed by atoms with Crippen LogP contribution in [0.5, 0.6) is 0 Å². The van der Waals surface area contributed by atoms with Crippen LogP contribution in [0.3, 0.4) is 0 Å². The first-order valence-corrected chi connectivity index (χ1v) is 17.2. The molecule has 13 heteroatoms. The van der Waals surface area contributed by atoms with Gasteiger partial charge in [-0.2, -0.15) is 13.2 Å². The van der Waals surface area contributed by atoms with Crippen molar-refractivity contribution in [2.75, 3.05) is 10.8 Å². The van der Waals surface area contributed by atoms with E-state index in [1.165, 1.54) is 23.1 Å². The number of carbonyl (C=O) groups is 2. The van der Waals surface area contributed by atoms with Crippen molar-refractivity contribution in [1.29, 1.82) is 0 Å². The van der Waals surface area contributed by atoms with Crippen LogP contribution in [0.4, 0.5) is 18.9 Å². The number of hydrogen-bond donors (Lipinski definition) is 1. The predicted molar refractivity (Wildman–Crippen MR) is 173 cm³/mol. The lowest BCUT2D eigenvalue weighted by Gasteiger charge is -2.35. The second-order valence-electron chi connectivity index (χ2n) is 11.4. The number of halogens is 5. The van der Waals surface area contributed by atoms with Crippen LogP contribution in [-0.2, 0) is 32.3 Å². The summed E-state index contributed by atoms with van der Waals surface area (Å²) in [5.74, 6) is -1.24. The minimum absolute atomic E-state index is 0.0697. The van der Waals surface area contributed by atoms with Gasteiger partial charge < -0.3 is 10.2 Å². The van der Waals surface area contributed by atoms with E-state index in [1.54, 1.807) is 44.2 Å². The van der Waals surface area contributed by atoms with Crippen LogP contribution in [0, 0.1) is 6.92 Å². The average molecular weight is 699 g/mol. The topological polar surface area (TPSA) is 86.8 Å². The predicted octanol–water partition coefficient (Wildman–Crippen LogP) is 7.77. The SMILES string of the molecule is CC[C@@H](C(=O)NC1CCCCC1)N(Cc1c(Cl)cccc1Cl)C(=O)CN(c1cccc(C(F)(F)F)c1)S(=O)(=O)c1ccc(C)cc1. The molecule has 0 aliphatic heterocycles. The lowest BCUT2D eigenvalue weighted by Crippen LogP contribution is -2.54. The molecule has 3 aromatic carbocycles. The van der Waals surface area contributed by atoms with Gasteiger partial charge in [0.25, 0.3) is 10.0 Å². The molecule has 1 aliphatic rings. The van der Waals surface area contributed by atoms with Crippen LogP contribution >= 0.6 is 23.2 Å². The Morgan fingerprint density at radius 2 is 1.57 bits per heavy atom. The fourth-order valence-electron chi connectivity index (χ4n) is 5.52. The van der Waals surface area contributed by atoms with E-state index in [4.69, 9.17) is 23.2 Å². The van der Waals surface area contributed by atoms with E-state index in [9.17, 15) is 31.2 Å². The minimum atomic E-state index is -4.77. The molecule has 248 valence electrons. The standard InChI is InChI=1S/C33H36Cl2F3N3O4S/c1-3-30(32(43)39-24-10-5-4-6-11-24)40(20-27-28(34)13-8-14-29(27)35)31(42)21-41(25-12-7-9-23(19-25)33(36,37)38)46(44,45)26-17-15-22(2)16-18-26/h7-9,12-19,24,30H,3-6,10-11,20-21H2,1-2H3,(H,39,43)/t30-/m0/s1. The molecule has 0 bridgehead atoms. The van der Waals surface area contributed by atoms with Crippen molar-refractivity contribution >= 4 is 50.7 Å². The molecule has 7 nitrogen and oxygen atoms in total. The van der Waals surface area contributed by atoms with Crippen LogP contribution in [0.1, 0.15) is 62.1 Å². The molecule has 1 fully saturated rings. The fraction of sp³-hybridized carbons (Fsp3) is 0.394. The second kappa shape index (κ2) is 15.1. The smallest absolute Gasteiger partial charge is 0.352 e. The van der Waals surface area contributed by atoms with E-state index < -0.39 is 46.2 Å². The number of nitrogens with one attached hydrogen (secondary N) is 1. The van der Waals surface area contributed by atoms with Crippen molar-refractivity contribution in [3.8, 4) is 0 Å². The Morgan fingerprint density at radius 1 is 0.957 bits per heavy atom. The maximum Gasteiger partial charge on any atom is 0.416 e. The number of benzene rings is 3. The molecular formula is C33H36Cl2F3N3O4S. The number of sulfonamides is 1. The molecule has 4 rings (SSSR count). The molecule has 0 spiro atoms. The lowest BCUT2D eigenvalue weighted by molar-refractivity contribution is -0.140. The number of nitrogens with zero attached hydrogens (tertiary/aromatic N) is 2. The maximum atomic E-state index is 14.3. The Morgan fingerprint density at radius 3 is 2.15 bits per heavy atom. The molecule has 2 amide bonds. The number of hydrogen-bond acceptors (Lipinski definition) is 4. The molecule has 1 atom stereocenters. The minimum Gasteiger partial charge on any atom is -0.352 e. The van der Waals surface area contributed by atoms with Crippen molar-refractivity contribution in [1.82, 2.24) is 10.2 Å². The maximum absolute atomic E-state index is 14.3. The molecule has 0 heterocycles. The number of carbonyl (C=O) groups excluding carboxylic acids is 2. The van der Waals surface area contributed by atoms with Gasteiger partial charge >= 0.3 is 6.18 Å². The number of amides is 2. The Labute approximate surface area is 277 Å². The van der Waals surface area contributed by atoms with Crippen LogP contribution in [0.25, 0.3) is 0 Å². The second-order valence-corrected chi connectivity index (χ2v) is 14.0. The molecule has 1 saturated carbocycles. The molecule has 0 unspecified atom stereocenters. The summed E-state index contributed by atoms with van der Waals surface area (Å²) in [5.41, 5.74) is -0.341. The highest BCUT2D eigenvalue weighted by molar-refractivity contribution is 7.92. The normalized spacial score (nSPS) is 14.8. The van der Waals surface area contributed by atoms with Crippen molar-refractivity contribution in [2.24, 2.45) is 0 Å². The zero-order chi connectivity index (χ0) is 33.6. The Kier molecular flexibility index (Phi) is 11.7. The highest BCUT2D eigenvalue weighted by Gasteiger charge is 2.36. The number of rotatable bonds is 11. The zero-order valence-electron chi connectivity index (χ0n) is 25.5. The zero-order valence-corrected chi connectivity index (χ0v) is 27.8. The van der Waals surface area contributed by atoms with Gasteiger partial charge in [0.15, 0.2) is 0 Å². The lowest BCUT2D eigenvalue weighted by atomic mass is 9.95. The highest BCUT2D eigenvalue weighted by atomic mass is 35.5. The van der Waals surface area contributed by atoms with Crippen molar-refractivity contribution in [3.05, 3.63) is 93.5 Å². The quantitative estimate of drug-likeness (QED) is 0.222. The van der Waals surface area contributed by atoms with Crippen molar-refractivity contribution < 1.29 is 31.2 Å². The molecule has 0 radical (unpaired) electrons. The molecule has 0 aromatic heterocycles. The number of alkyl halides is 3. The van der Waals surface area contributed by atoms with Crippen LogP contribution < -0.4 is 9.62 Å². The number of aryl methyl sites for hydroxylation is 1. The summed E-state index contributed by atoms with van der Waals surface area (Å²) in [7, 11) is -4.56. The summed E-state index contributed by atoms with van der Waals surface area (Å²) in [6, 6.07) is 13.2. The van der Waals surface area contributed by atoms with Gasteiger partial charge in [0.1, 0.15) is 12.6 Å². The summed E-state index contributed by atoms with van der Waals surface area (Å²) in [6.45, 7) is 2.33. The summed E-state index contributed by atoms with van der Waals surface area (Å²) in [4.78, 5) is 29.0. The molecule has 0 saturated heterocycles. The third-order valence-corrected chi connectivity index (χ3v) is 10.6. The van der Waals surface area contributed by atoms with E-state index in [0.717, 1.165) is 49.8 Å². The van der Waals surface area contributed by atoms with Crippen LogP contribution in [0.15, 0.2) is 71.6 Å². The largest absolute Gasteiger partial charge is 0.416 e. The Bertz CT molecular complexity index is 1630. The van der Waals surface area contributed by atoms with Gasteiger partial charge in [-0.3, -0.25) is 13.9 Å². The molecule has 3 aromatic rings. The van der Waals surface area contributed by atoms with Crippen LogP contribution in [-0.4, -0.2) is 43.8 Å². The van der Waals surface area contributed by atoms with Gasteiger partial charge in [0, 0.05) is 28.2 Å². The first-order valence-electron chi connectivity index (χ1n) is 15.0.